The fourth-order valence-electron chi connectivity index (χ4n) is 1.69. The van der Waals surface area contributed by atoms with Crippen molar-refractivity contribution in [2.45, 2.75) is 13.8 Å². The molecule has 0 saturated carbocycles. The predicted molar refractivity (Wildman–Crippen MR) is 83.6 cm³/mol. The molecular formula is C16H19N3O. The normalized spacial score (nSPS) is 9.50. The number of oxazole rings is 1. The highest BCUT2D eigenvalue weighted by Gasteiger charge is 1.91. The minimum absolute atomic E-state index is 0. The topological polar surface area (TPSA) is 54.7 Å². The van der Waals surface area contributed by atoms with Crippen molar-refractivity contribution < 1.29 is 5.84 Å². The number of aromatic amines is 1. The number of hydrogen-bond acceptors (Lipinski definition) is 3. The monoisotopic (exact) mass is 269 g/mol. The lowest BCUT2D eigenvalue weighted by Crippen LogP contribution is -1.63. The number of aromatic nitrogens is 3. The van der Waals surface area contributed by atoms with Crippen molar-refractivity contribution in [1.29, 1.82) is 0 Å². The summed E-state index contributed by atoms with van der Waals surface area (Å²) in [5.74, 6) is 0. The molecule has 0 fully saturated rings. The van der Waals surface area contributed by atoms with E-state index in [0.29, 0.717) is 0 Å². The molecule has 0 unspecified atom stereocenters. The Balaban J connectivity index is 0.000000181. The summed E-state index contributed by atoms with van der Waals surface area (Å²) in [6.07, 6.45) is 3.26. The van der Waals surface area contributed by atoms with Crippen molar-refractivity contribution in [3.05, 3.63) is 61.1 Å². The van der Waals surface area contributed by atoms with E-state index in [1.165, 1.54) is 6.39 Å². The summed E-state index contributed by atoms with van der Waals surface area (Å²) in [5, 5.41) is 7.91. The first-order valence-corrected chi connectivity index (χ1v) is 6.60. The molecule has 0 atom stereocenters. The third-order valence-electron chi connectivity index (χ3n) is 2.59. The first kappa shape index (κ1) is 13.8. The van der Waals surface area contributed by atoms with Crippen molar-refractivity contribution in [2.24, 2.45) is 0 Å². The van der Waals surface area contributed by atoms with E-state index < -0.39 is 0 Å². The quantitative estimate of drug-likeness (QED) is 0.505. The summed E-state index contributed by atoms with van der Waals surface area (Å²) in [7, 11) is 0. The number of benzene rings is 2. The molecule has 0 spiro atoms. The van der Waals surface area contributed by atoms with E-state index in [1.807, 2.05) is 68.6 Å². The molecule has 2 aromatic carbocycles. The van der Waals surface area contributed by atoms with E-state index >= 15 is 0 Å². The zero-order valence-corrected chi connectivity index (χ0v) is 11.6. The Hall–Kier alpha value is -2.62. The van der Waals surface area contributed by atoms with Crippen molar-refractivity contribution >= 4 is 22.0 Å². The van der Waals surface area contributed by atoms with E-state index in [9.17, 15) is 0 Å². The molecule has 4 rings (SSSR count). The predicted octanol–water partition coefficient (Wildman–Crippen LogP) is 4.66. The number of H-pyrrole nitrogens is 1. The summed E-state index contributed by atoms with van der Waals surface area (Å²) in [4.78, 5) is 3.95. The number of fused-ring (bicyclic) bond motifs is 2. The molecule has 0 aliphatic heterocycles. The van der Waals surface area contributed by atoms with Crippen LogP contribution in [0.5, 0.6) is 0 Å². The zero-order chi connectivity index (χ0) is 14.2. The Morgan fingerprint density at radius 1 is 1.00 bits per heavy atom. The summed E-state index contributed by atoms with van der Waals surface area (Å²) in [5.41, 5.74) is 2.85. The molecule has 20 heavy (non-hydrogen) atoms. The number of para-hydroxylation sites is 3. The third kappa shape index (κ3) is 3.23. The summed E-state index contributed by atoms with van der Waals surface area (Å²) in [6, 6.07) is 15.7. The lowest BCUT2D eigenvalue weighted by molar-refractivity contribution is 0.602. The van der Waals surface area contributed by atoms with Crippen molar-refractivity contribution in [1.82, 2.24) is 15.2 Å². The third-order valence-corrected chi connectivity index (χ3v) is 2.59. The maximum absolute atomic E-state index is 5.01. The standard InChI is InChI=1S/C7H6N2.C7H5NO.C2H6.H2/c1-2-4-7-6(3-1)5-8-9-7;1-2-4-7-6(3-1)8-5-9-7;1-2;/h1-5H,(H,8,9);1-5H;1-2H3;1H. The van der Waals surface area contributed by atoms with Gasteiger partial charge >= 0.3 is 0 Å². The van der Waals surface area contributed by atoms with Crippen LogP contribution in [0, 0.1) is 0 Å². The van der Waals surface area contributed by atoms with Crippen LogP contribution in [-0.4, -0.2) is 15.2 Å². The molecule has 0 aliphatic rings. The first-order valence-electron chi connectivity index (χ1n) is 6.60. The minimum atomic E-state index is 0. The Morgan fingerprint density at radius 2 is 1.75 bits per heavy atom. The molecule has 2 aromatic heterocycles. The van der Waals surface area contributed by atoms with Crippen LogP contribution in [0.3, 0.4) is 0 Å². The van der Waals surface area contributed by atoms with Crippen LogP contribution in [0.4, 0.5) is 0 Å². The Morgan fingerprint density at radius 3 is 2.55 bits per heavy atom. The van der Waals surface area contributed by atoms with Gasteiger partial charge in [0.05, 0.1) is 11.7 Å². The number of hydrogen-bond donors (Lipinski definition) is 1. The second-order valence-corrected chi connectivity index (χ2v) is 3.78. The average Bonchev–Trinajstić information content (AvgIpc) is 3.18. The van der Waals surface area contributed by atoms with Gasteiger partial charge in [0.25, 0.3) is 0 Å². The molecule has 0 saturated heterocycles. The fraction of sp³-hybridized carbons (Fsp3) is 0.125. The van der Waals surface area contributed by atoms with Gasteiger partial charge in [-0.3, -0.25) is 5.10 Å². The van der Waals surface area contributed by atoms with Crippen LogP contribution in [0.25, 0.3) is 22.0 Å². The highest BCUT2D eigenvalue weighted by Crippen LogP contribution is 2.09. The van der Waals surface area contributed by atoms with Crippen molar-refractivity contribution in [3.8, 4) is 0 Å². The highest BCUT2D eigenvalue weighted by atomic mass is 16.3. The van der Waals surface area contributed by atoms with Crippen LogP contribution in [-0.2, 0) is 0 Å². The van der Waals surface area contributed by atoms with Crippen LogP contribution in [0.1, 0.15) is 15.3 Å². The second-order valence-electron chi connectivity index (χ2n) is 3.78. The first-order chi connectivity index (χ1) is 9.93. The van der Waals surface area contributed by atoms with E-state index in [2.05, 4.69) is 15.2 Å². The van der Waals surface area contributed by atoms with E-state index in [4.69, 9.17) is 4.42 Å². The average molecular weight is 269 g/mol. The SMILES string of the molecule is CC.[HH].c1ccc2[nH]ncc2c1.c1ccc2ocnc2c1. The van der Waals surface area contributed by atoms with Crippen LogP contribution < -0.4 is 0 Å². The smallest absolute Gasteiger partial charge is 0.181 e. The summed E-state index contributed by atoms with van der Waals surface area (Å²) in [6.45, 7) is 4.00. The molecule has 4 aromatic rings. The van der Waals surface area contributed by atoms with Gasteiger partial charge in [-0.2, -0.15) is 5.10 Å². The lowest BCUT2D eigenvalue weighted by atomic mass is 10.3. The van der Waals surface area contributed by atoms with Crippen molar-refractivity contribution in [2.75, 3.05) is 0 Å². The van der Waals surface area contributed by atoms with E-state index in [1.54, 1.807) is 0 Å². The molecular weight excluding hydrogens is 250 g/mol. The molecule has 4 nitrogen and oxygen atoms in total. The molecule has 2 heterocycles. The van der Waals surface area contributed by atoms with Crippen LogP contribution in [0.15, 0.2) is 65.5 Å². The number of nitrogens with one attached hydrogen (secondary N) is 1. The fourth-order valence-corrected chi connectivity index (χ4v) is 1.69. The minimum Gasteiger partial charge on any atom is -0.443 e. The summed E-state index contributed by atoms with van der Waals surface area (Å²) < 4.78 is 5.01. The molecule has 0 aliphatic carbocycles. The Kier molecular flexibility index (Phi) is 4.89. The van der Waals surface area contributed by atoms with Gasteiger partial charge in [-0.05, 0) is 18.2 Å². The lowest BCUT2D eigenvalue weighted by Gasteiger charge is -1.81. The molecule has 4 heteroatoms. The second kappa shape index (κ2) is 7.09. The maximum Gasteiger partial charge on any atom is 0.181 e. The summed E-state index contributed by atoms with van der Waals surface area (Å²) >= 11 is 0. The van der Waals surface area contributed by atoms with Gasteiger partial charge in [-0.15, -0.1) is 0 Å². The molecule has 0 radical (unpaired) electrons. The van der Waals surface area contributed by atoms with Gasteiger partial charge < -0.3 is 4.42 Å². The zero-order valence-electron chi connectivity index (χ0n) is 11.6. The van der Waals surface area contributed by atoms with Gasteiger partial charge in [0.1, 0.15) is 5.52 Å². The highest BCUT2D eigenvalue weighted by molar-refractivity contribution is 5.77. The maximum atomic E-state index is 5.01. The van der Waals surface area contributed by atoms with Crippen molar-refractivity contribution in [3.63, 3.8) is 0 Å². The molecule has 0 amide bonds. The Bertz CT molecular complexity index is 638. The molecule has 0 bridgehead atoms. The Labute approximate surface area is 118 Å². The molecule has 104 valence electrons. The van der Waals surface area contributed by atoms with Gasteiger partial charge in [0, 0.05) is 6.81 Å². The van der Waals surface area contributed by atoms with Crippen LogP contribution in [0.2, 0.25) is 0 Å². The molecule has 1 N–H and O–H groups in total. The van der Waals surface area contributed by atoms with Crippen LogP contribution >= 0.6 is 0 Å². The largest absolute Gasteiger partial charge is 0.443 e. The van der Waals surface area contributed by atoms with Gasteiger partial charge in [-0.1, -0.05) is 44.2 Å². The van der Waals surface area contributed by atoms with E-state index in [0.717, 1.165) is 22.0 Å². The number of rotatable bonds is 0. The van der Waals surface area contributed by atoms with Gasteiger partial charge in [-0.25, -0.2) is 4.98 Å². The van der Waals surface area contributed by atoms with E-state index in [-0.39, 0.29) is 1.43 Å². The van der Waals surface area contributed by atoms with Gasteiger partial charge in [0.15, 0.2) is 12.0 Å². The van der Waals surface area contributed by atoms with Gasteiger partial charge in [0.2, 0.25) is 0 Å². The number of nitrogens with zero attached hydrogens (tertiary/aromatic N) is 2.